The number of carbonyl (C=O) groups is 1. The lowest BCUT2D eigenvalue weighted by Crippen LogP contribution is -2.36. The number of hydrogen-bond acceptors (Lipinski definition) is 4. The Morgan fingerprint density at radius 1 is 1.00 bits per heavy atom. The predicted molar refractivity (Wildman–Crippen MR) is 110 cm³/mol. The molecule has 0 bridgehead atoms. The predicted octanol–water partition coefficient (Wildman–Crippen LogP) is 4.18. The first-order valence-corrected chi connectivity index (χ1v) is 9.63. The Labute approximate surface area is 169 Å². The third-order valence-electron chi connectivity index (χ3n) is 5.34. The highest BCUT2D eigenvalue weighted by atomic mass is 16.5. The Morgan fingerprint density at radius 3 is 2.45 bits per heavy atom. The third kappa shape index (κ3) is 3.76. The standard InChI is InChI=1S/C24H23NO4/c1-16-20(26)13-21(27)22(23(16)29-15-17-7-3-2-4-8-17)24(28)25-12-11-18-9-5-6-10-19(18)14-25/h2-10,13,26-27H,11-12,14-15H2,1H3. The lowest BCUT2D eigenvalue weighted by atomic mass is 9.98. The van der Waals surface area contributed by atoms with Crippen LogP contribution in [0.3, 0.4) is 0 Å². The maximum Gasteiger partial charge on any atom is 0.261 e. The fraction of sp³-hybridized carbons (Fsp3) is 0.208. The minimum atomic E-state index is -0.303. The fourth-order valence-electron chi connectivity index (χ4n) is 3.67. The molecule has 1 amide bonds. The maximum atomic E-state index is 13.3. The second-order valence-electron chi connectivity index (χ2n) is 7.26. The molecule has 3 aromatic rings. The molecule has 5 heteroatoms. The SMILES string of the molecule is Cc1c(O)cc(O)c(C(=O)N2CCc3ccccc3C2)c1OCc1ccccc1. The summed E-state index contributed by atoms with van der Waals surface area (Å²) in [4.78, 5) is 15.0. The molecule has 1 aliphatic heterocycles. The lowest BCUT2D eigenvalue weighted by molar-refractivity contribution is 0.0726. The van der Waals surface area contributed by atoms with Crippen LogP contribution < -0.4 is 4.74 Å². The molecule has 1 heterocycles. The monoisotopic (exact) mass is 389 g/mol. The summed E-state index contributed by atoms with van der Waals surface area (Å²) in [6.07, 6.45) is 0.764. The van der Waals surface area contributed by atoms with Crippen molar-refractivity contribution in [2.24, 2.45) is 0 Å². The van der Waals surface area contributed by atoms with Gasteiger partial charge < -0.3 is 19.8 Å². The molecule has 4 rings (SSSR count). The van der Waals surface area contributed by atoms with Gasteiger partial charge in [0.15, 0.2) is 0 Å². The summed E-state index contributed by atoms with van der Waals surface area (Å²) in [5.41, 5.74) is 3.80. The Morgan fingerprint density at radius 2 is 1.69 bits per heavy atom. The number of fused-ring (bicyclic) bond motifs is 1. The normalized spacial score (nSPS) is 13.1. The maximum absolute atomic E-state index is 13.3. The van der Waals surface area contributed by atoms with Crippen molar-refractivity contribution >= 4 is 5.91 Å². The van der Waals surface area contributed by atoms with E-state index < -0.39 is 0 Å². The van der Waals surface area contributed by atoms with Gasteiger partial charge in [0.25, 0.3) is 5.91 Å². The zero-order valence-electron chi connectivity index (χ0n) is 16.3. The molecule has 0 fully saturated rings. The van der Waals surface area contributed by atoms with Crippen molar-refractivity contribution < 1.29 is 19.7 Å². The highest BCUT2D eigenvalue weighted by Gasteiger charge is 2.29. The van der Waals surface area contributed by atoms with Gasteiger partial charge in [-0.2, -0.15) is 0 Å². The Bertz CT molecular complexity index is 1050. The molecule has 0 aromatic heterocycles. The van der Waals surface area contributed by atoms with Crippen LogP contribution >= 0.6 is 0 Å². The van der Waals surface area contributed by atoms with Crippen LogP contribution in [0.15, 0.2) is 60.7 Å². The molecule has 0 saturated carbocycles. The van der Waals surface area contributed by atoms with Crippen LogP contribution in [-0.2, 0) is 19.6 Å². The number of nitrogens with zero attached hydrogens (tertiary/aromatic N) is 1. The van der Waals surface area contributed by atoms with E-state index in [1.807, 2.05) is 48.5 Å². The smallest absolute Gasteiger partial charge is 0.261 e. The van der Waals surface area contributed by atoms with Gasteiger partial charge in [-0.3, -0.25) is 4.79 Å². The number of carbonyl (C=O) groups excluding carboxylic acids is 1. The van der Waals surface area contributed by atoms with E-state index in [-0.39, 0.29) is 35.3 Å². The first-order chi connectivity index (χ1) is 14.0. The third-order valence-corrected chi connectivity index (χ3v) is 5.34. The minimum absolute atomic E-state index is 0.0932. The van der Waals surface area contributed by atoms with Gasteiger partial charge in [-0.1, -0.05) is 54.6 Å². The largest absolute Gasteiger partial charge is 0.507 e. The van der Waals surface area contributed by atoms with Crippen LogP contribution in [0.25, 0.3) is 0 Å². The zero-order chi connectivity index (χ0) is 20.4. The summed E-state index contributed by atoms with van der Waals surface area (Å²) < 4.78 is 5.93. The van der Waals surface area contributed by atoms with E-state index in [4.69, 9.17) is 4.74 Å². The average molecular weight is 389 g/mol. The Hall–Kier alpha value is -3.47. The van der Waals surface area contributed by atoms with Crippen LogP contribution in [0.1, 0.15) is 32.6 Å². The van der Waals surface area contributed by atoms with Crippen molar-refractivity contribution in [3.63, 3.8) is 0 Å². The number of rotatable bonds is 4. The highest BCUT2D eigenvalue weighted by Crippen LogP contribution is 2.39. The van der Waals surface area contributed by atoms with Crippen molar-refractivity contribution in [1.29, 1.82) is 0 Å². The van der Waals surface area contributed by atoms with Crippen LogP contribution in [0.2, 0.25) is 0 Å². The molecule has 3 aromatic carbocycles. The number of phenols is 2. The number of amides is 1. The van der Waals surface area contributed by atoms with Crippen LogP contribution in [-0.4, -0.2) is 27.6 Å². The van der Waals surface area contributed by atoms with Crippen LogP contribution in [0, 0.1) is 6.92 Å². The summed E-state index contributed by atoms with van der Waals surface area (Å²) in [5, 5.41) is 20.7. The zero-order valence-corrected chi connectivity index (χ0v) is 16.3. The van der Waals surface area contributed by atoms with E-state index in [0.717, 1.165) is 17.5 Å². The molecule has 148 valence electrons. The summed E-state index contributed by atoms with van der Waals surface area (Å²) in [6, 6.07) is 18.8. The average Bonchev–Trinajstić information content (AvgIpc) is 2.75. The number of aromatic hydroxyl groups is 2. The van der Waals surface area contributed by atoms with Gasteiger partial charge in [0.05, 0.1) is 0 Å². The van der Waals surface area contributed by atoms with Crippen molar-refractivity contribution in [1.82, 2.24) is 4.90 Å². The van der Waals surface area contributed by atoms with Gasteiger partial charge in [0.1, 0.15) is 29.4 Å². The van der Waals surface area contributed by atoms with Gasteiger partial charge in [0.2, 0.25) is 0 Å². The molecule has 0 atom stereocenters. The minimum Gasteiger partial charge on any atom is -0.507 e. The second kappa shape index (κ2) is 7.87. The van der Waals surface area contributed by atoms with E-state index >= 15 is 0 Å². The highest BCUT2D eigenvalue weighted by molar-refractivity contribution is 6.00. The number of hydrogen-bond donors (Lipinski definition) is 2. The van der Waals surface area contributed by atoms with E-state index in [0.29, 0.717) is 18.7 Å². The van der Waals surface area contributed by atoms with E-state index in [2.05, 4.69) is 6.07 Å². The quantitative estimate of drug-likeness (QED) is 0.702. The summed E-state index contributed by atoms with van der Waals surface area (Å²) in [6.45, 7) is 2.95. The molecule has 29 heavy (non-hydrogen) atoms. The van der Waals surface area contributed by atoms with Crippen LogP contribution in [0.5, 0.6) is 17.2 Å². The second-order valence-corrected chi connectivity index (χ2v) is 7.26. The van der Waals surface area contributed by atoms with Gasteiger partial charge in [-0.05, 0) is 30.0 Å². The lowest BCUT2D eigenvalue weighted by Gasteiger charge is -2.30. The molecule has 0 spiro atoms. The van der Waals surface area contributed by atoms with Gasteiger partial charge in [-0.15, -0.1) is 0 Å². The van der Waals surface area contributed by atoms with E-state index in [9.17, 15) is 15.0 Å². The topological polar surface area (TPSA) is 70.0 Å². The first kappa shape index (κ1) is 18.9. The first-order valence-electron chi connectivity index (χ1n) is 9.63. The molecule has 1 aliphatic rings. The summed E-state index contributed by atoms with van der Waals surface area (Å²) >= 11 is 0. The number of benzene rings is 3. The molecule has 2 N–H and O–H groups in total. The Balaban J connectivity index is 1.65. The van der Waals surface area contributed by atoms with Crippen molar-refractivity contribution in [2.75, 3.05) is 6.54 Å². The van der Waals surface area contributed by atoms with Crippen molar-refractivity contribution in [3.05, 3.63) is 88.5 Å². The van der Waals surface area contributed by atoms with Gasteiger partial charge in [-0.25, -0.2) is 0 Å². The fourth-order valence-corrected chi connectivity index (χ4v) is 3.67. The summed E-state index contributed by atoms with van der Waals surface area (Å²) in [5.74, 6) is -0.468. The molecule has 0 unspecified atom stereocenters. The Kier molecular flexibility index (Phi) is 5.12. The molecule has 0 saturated heterocycles. The molecular formula is C24H23NO4. The van der Waals surface area contributed by atoms with Crippen LogP contribution in [0.4, 0.5) is 0 Å². The van der Waals surface area contributed by atoms with E-state index in [1.165, 1.54) is 11.6 Å². The number of phenolic OH excluding ortho intramolecular Hbond substituents is 2. The molecular weight excluding hydrogens is 366 g/mol. The molecule has 0 aliphatic carbocycles. The summed E-state index contributed by atoms with van der Waals surface area (Å²) in [7, 11) is 0. The van der Waals surface area contributed by atoms with Crippen molar-refractivity contribution in [2.45, 2.75) is 26.5 Å². The van der Waals surface area contributed by atoms with Gasteiger partial charge in [0, 0.05) is 24.7 Å². The molecule has 5 nitrogen and oxygen atoms in total. The van der Waals surface area contributed by atoms with E-state index in [1.54, 1.807) is 11.8 Å². The van der Waals surface area contributed by atoms with Crippen molar-refractivity contribution in [3.8, 4) is 17.2 Å². The molecule has 0 radical (unpaired) electrons. The number of ether oxygens (including phenoxy) is 1. The van der Waals surface area contributed by atoms with Gasteiger partial charge >= 0.3 is 0 Å².